The van der Waals surface area contributed by atoms with Crippen molar-refractivity contribution in [2.75, 3.05) is 6.61 Å². The van der Waals surface area contributed by atoms with Crippen LogP contribution in [0.1, 0.15) is 11.6 Å². The molecule has 0 spiro atoms. The van der Waals surface area contributed by atoms with E-state index >= 15 is 0 Å². The molecule has 4 heteroatoms. The summed E-state index contributed by atoms with van der Waals surface area (Å²) < 4.78 is 0. The topological polar surface area (TPSA) is 59.1 Å². The zero-order valence-electron chi connectivity index (χ0n) is 6.97. The SMILES string of the molecule is NC(CO)c1cnc2sccc2c1. The van der Waals surface area contributed by atoms with E-state index in [0.29, 0.717) is 0 Å². The molecule has 0 bridgehead atoms. The average Bonchev–Trinajstić information content (AvgIpc) is 2.63. The van der Waals surface area contributed by atoms with Gasteiger partial charge in [0.15, 0.2) is 0 Å². The lowest BCUT2D eigenvalue weighted by atomic mass is 10.1. The Balaban J connectivity index is 2.48. The Morgan fingerprint density at radius 2 is 2.46 bits per heavy atom. The molecule has 3 N–H and O–H groups in total. The van der Waals surface area contributed by atoms with Crippen molar-refractivity contribution in [3.8, 4) is 0 Å². The van der Waals surface area contributed by atoms with E-state index in [1.54, 1.807) is 17.5 Å². The zero-order chi connectivity index (χ0) is 9.26. The second kappa shape index (κ2) is 3.41. The fourth-order valence-electron chi connectivity index (χ4n) is 1.18. The molecule has 1 unspecified atom stereocenters. The minimum absolute atomic E-state index is 0.0443. The molecule has 0 aliphatic carbocycles. The summed E-state index contributed by atoms with van der Waals surface area (Å²) in [5.74, 6) is 0. The monoisotopic (exact) mass is 194 g/mol. The van der Waals surface area contributed by atoms with Crippen LogP contribution in [0.3, 0.4) is 0 Å². The fourth-order valence-corrected chi connectivity index (χ4v) is 1.90. The van der Waals surface area contributed by atoms with Crippen molar-refractivity contribution in [1.29, 1.82) is 0 Å². The smallest absolute Gasteiger partial charge is 0.123 e. The number of aliphatic hydroxyl groups excluding tert-OH is 1. The predicted octanol–water partition coefficient (Wildman–Crippen LogP) is 1.29. The normalized spacial score (nSPS) is 13.4. The highest BCUT2D eigenvalue weighted by Crippen LogP contribution is 2.21. The van der Waals surface area contributed by atoms with E-state index in [4.69, 9.17) is 10.8 Å². The number of fused-ring (bicyclic) bond motifs is 1. The van der Waals surface area contributed by atoms with Crippen LogP contribution < -0.4 is 5.73 Å². The van der Waals surface area contributed by atoms with Crippen molar-refractivity contribution in [1.82, 2.24) is 4.98 Å². The second-order valence-corrected chi connectivity index (χ2v) is 3.77. The van der Waals surface area contributed by atoms with Crippen LogP contribution in [-0.2, 0) is 0 Å². The number of hydrogen-bond donors (Lipinski definition) is 2. The maximum atomic E-state index is 8.86. The molecule has 0 saturated carbocycles. The van der Waals surface area contributed by atoms with Crippen LogP contribution in [0.4, 0.5) is 0 Å². The van der Waals surface area contributed by atoms with Crippen LogP contribution in [-0.4, -0.2) is 16.7 Å². The van der Waals surface area contributed by atoms with Crippen LogP contribution in [0, 0.1) is 0 Å². The molecule has 0 aromatic carbocycles. The third kappa shape index (κ3) is 1.56. The van der Waals surface area contributed by atoms with Crippen molar-refractivity contribution < 1.29 is 5.11 Å². The summed E-state index contributed by atoms with van der Waals surface area (Å²) in [5.41, 5.74) is 6.55. The molecule has 13 heavy (non-hydrogen) atoms. The van der Waals surface area contributed by atoms with Crippen molar-refractivity contribution in [3.63, 3.8) is 0 Å². The van der Waals surface area contributed by atoms with Gasteiger partial charge < -0.3 is 10.8 Å². The molecule has 2 aromatic heterocycles. The van der Waals surface area contributed by atoms with Crippen LogP contribution in [0.2, 0.25) is 0 Å². The largest absolute Gasteiger partial charge is 0.394 e. The third-order valence-electron chi connectivity index (χ3n) is 1.95. The first-order valence-electron chi connectivity index (χ1n) is 4.01. The molecule has 2 aromatic rings. The second-order valence-electron chi connectivity index (χ2n) is 2.87. The first kappa shape index (κ1) is 8.62. The van der Waals surface area contributed by atoms with Crippen molar-refractivity contribution in [3.05, 3.63) is 29.3 Å². The quantitative estimate of drug-likeness (QED) is 0.757. The molecule has 0 aliphatic heterocycles. The number of hydrogen-bond acceptors (Lipinski definition) is 4. The lowest BCUT2D eigenvalue weighted by Gasteiger charge is -2.06. The van der Waals surface area contributed by atoms with Gasteiger partial charge in [0.25, 0.3) is 0 Å². The molecule has 68 valence electrons. The van der Waals surface area contributed by atoms with E-state index in [1.165, 1.54) is 0 Å². The lowest BCUT2D eigenvalue weighted by molar-refractivity contribution is 0.268. The minimum atomic E-state index is -0.322. The van der Waals surface area contributed by atoms with E-state index in [-0.39, 0.29) is 12.6 Å². The van der Waals surface area contributed by atoms with Gasteiger partial charge in [-0.2, -0.15) is 0 Å². The van der Waals surface area contributed by atoms with Gasteiger partial charge in [-0.15, -0.1) is 11.3 Å². The van der Waals surface area contributed by atoms with Gasteiger partial charge in [-0.3, -0.25) is 0 Å². The summed E-state index contributed by atoms with van der Waals surface area (Å²) in [6.45, 7) is -0.0443. The van der Waals surface area contributed by atoms with Gasteiger partial charge in [0, 0.05) is 11.6 Å². The van der Waals surface area contributed by atoms with Gasteiger partial charge in [0.2, 0.25) is 0 Å². The highest BCUT2D eigenvalue weighted by atomic mass is 32.1. The molecular formula is C9H10N2OS. The number of pyridine rings is 1. The minimum Gasteiger partial charge on any atom is -0.394 e. The zero-order valence-corrected chi connectivity index (χ0v) is 7.79. The average molecular weight is 194 g/mol. The lowest BCUT2D eigenvalue weighted by Crippen LogP contribution is -2.14. The Morgan fingerprint density at radius 1 is 1.62 bits per heavy atom. The first-order valence-corrected chi connectivity index (χ1v) is 4.89. The molecule has 1 atom stereocenters. The van der Waals surface area contributed by atoms with Crippen LogP contribution in [0.25, 0.3) is 10.2 Å². The van der Waals surface area contributed by atoms with Crippen LogP contribution >= 0.6 is 11.3 Å². The third-order valence-corrected chi connectivity index (χ3v) is 2.79. The molecule has 3 nitrogen and oxygen atoms in total. The van der Waals surface area contributed by atoms with E-state index < -0.39 is 0 Å². The number of nitrogens with two attached hydrogens (primary N) is 1. The van der Waals surface area contributed by atoms with Crippen LogP contribution in [0.5, 0.6) is 0 Å². The Morgan fingerprint density at radius 3 is 3.23 bits per heavy atom. The number of aromatic nitrogens is 1. The summed E-state index contributed by atoms with van der Waals surface area (Å²) in [6, 6.07) is 3.65. The van der Waals surface area contributed by atoms with Crippen molar-refractivity contribution in [2.24, 2.45) is 5.73 Å². The highest BCUT2D eigenvalue weighted by molar-refractivity contribution is 7.16. The van der Waals surface area contributed by atoms with E-state index in [9.17, 15) is 0 Å². The summed E-state index contributed by atoms with van der Waals surface area (Å²) in [6.07, 6.45) is 1.72. The predicted molar refractivity (Wildman–Crippen MR) is 53.6 cm³/mol. The van der Waals surface area contributed by atoms with Gasteiger partial charge >= 0.3 is 0 Å². The maximum Gasteiger partial charge on any atom is 0.123 e. The van der Waals surface area contributed by atoms with E-state index in [2.05, 4.69) is 4.98 Å². The number of nitrogens with zero attached hydrogens (tertiary/aromatic N) is 1. The van der Waals surface area contributed by atoms with Gasteiger partial charge in [-0.25, -0.2) is 4.98 Å². The van der Waals surface area contributed by atoms with Gasteiger partial charge in [-0.05, 0) is 23.1 Å². The molecule has 0 aliphatic rings. The summed E-state index contributed by atoms with van der Waals surface area (Å²) in [5, 5.41) is 11.9. The fraction of sp³-hybridized carbons (Fsp3) is 0.222. The van der Waals surface area contributed by atoms with E-state index in [0.717, 1.165) is 15.8 Å². The summed E-state index contributed by atoms with van der Waals surface area (Å²) >= 11 is 1.60. The summed E-state index contributed by atoms with van der Waals surface area (Å²) in [7, 11) is 0. The molecule has 0 radical (unpaired) electrons. The standard InChI is InChI=1S/C9H10N2OS/c10-8(5-12)7-3-6-1-2-13-9(6)11-4-7/h1-4,8,12H,5,10H2. The molecule has 0 saturated heterocycles. The van der Waals surface area contributed by atoms with E-state index in [1.807, 2.05) is 17.5 Å². The van der Waals surface area contributed by atoms with Gasteiger partial charge in [-0.1, -0.05) is 0 Å². The first-order chi connectivity index (χ1) is 6.31. The Labute approximate surface area is 79.8 Å². The molecular weight excluding hydrogens is 184 g/mol. The number of rotatable bonds is 2. The molecule has 0 amide bonds. The van der Waals surface area contributed by atoms with Crippen molar-refractivity contribution >= 4 is 21.6 Å². The molecule has 2 heterocycles. The Bertz CT molecular complexity index is 413. The number of aliphatic hydroxyl groups is 1. The van der Waals surface area contributed by atoms with Crippen LogP contribution in [0.15, 0.2) is 23.7 Å². The molecule has 0 fully saturated rings. The number of thiophene rings is 1. The Kier molecular flexibility index (Phi) is 2.26. The van der Waals surface area contributed by atoms with Gasteiger partial charge in [0.05, 0.1) is 12.6 Å². The summed E-state index contributed by atoms with van der Waals surface area (Å²) in [4.78, 5) is 5.25. The molecule has 2 rings (SSSR count). The van der Waals surface area contributed by atoms with Gasteiger partial charge in [0.1, 0.15) is 4.83 Å². The Hall–Kier alpha value is -0.970. The van der Waals surface area contributed by atoms with Crippen molar-refractivity contribution in [2.45, 2.75) is 6.04 Å². The maximum absolute atomic E-state index is 8.86. The highest BCUT2D eigenvalue weighted by Gasteiger charge is 2.05.